The molecule has 0 aromatic carbocycles. The molecule has 2 heterocycles. The summed E-state index contributed by atoms with van der Waals surface area (Å²) in [6.45, 7) is 2.68. The van der Waals surface area contributed by atoms with Crippen LogP contribution < -0.4 is 10.5 Å². The molecule has 1 aliphatic heterocycles. The number of hydrogen-bond acceptors (Lipinski definition) is 5. The standard InChI is InChI=1S/C12H17BrN4O3/c1-15-12(19)11(13)9(7-14-15)16-3-5-17(6-4-16)10(18)8-20-2/h7H,3-6,8H2,1-2H3. The normalized spacial score (nSPS) is 15.6. The van der Waals surface area contributed by atoms with Gasteiger partial charge in [0.25, 0.3) is 5.56 Å². The number of nitrogens with zero attached hydrogens (tertiary/aromatic N) is 4. The van der Waals surface area contributed by atoms with E-state index >= 15 is 0 Å². The van der Waals surface area contributed by atoms with Gasteiger partial charge < -0.3 is 14.5 Å². The molecule has 7 nitrogen and oxygen atoms in total. The first-order valence-electron chi connectivity index (χ1n) is 6.28. The first-order chi connectivity index (χ1) is 9.54. The summed E-state index contributed by atoms with van der Waals surface area (Å²) in [5.74, 6) is -0.00619. The molecule has 0 bridgehead atoms. The summed E-state index contributed by atoms with van der Waals surface area (Å²) in [6, 6.07) is 0. The fraction of sp³-hybridized carbons (Fsp3) is 0.583. The summed E-state index contributed by atoms with van der Waals surface area (Å²) in [7, 11) is 3.12. The van der Waals surface area contributed by atoms with Crippen molar-refractivity contribution >= 4 is 27.5 Å². The minimum absolute atomic E-state index is 0.00619. The molecule has 0 unspecified atom stereocenters. The smallest absolute Gasteiger partial charge is 0.282 e. The van der Waals surface area contributed by atoms with Crippen LogP contribution >= 0.6 is 15.9 Å². The fourth-order valence-corrected chi connectivity index (χ4v) is 2.74. The quantitative estimate of drug-likeness (QED) is 0.762. The van der Waals surface area contributed by atoms with Crippen LogP contribution in [0.4, 0.5) is 5.69 Å². The van der Waals surface area contributed by atoms with Gasteiger partial charge in [0.15, 0.2) is 0 Å². The molecule has 110 valence electrons. The van der Waals surface area contributed by atoms with Crippen LogP contribution in [0.1, 0.15) is 0 Å². The Kier molecular flexibility index (Phi) is 4.77. The van der Waals surface area contributed by atoms with Crippen molar-refractivity contribution in [3.63, 3.8) is 0 Å². The monoisotopic (exact) mass is 344 g/mol. The number of piperazine rings is 1. The second kappa shape index (κ2) is 6.36. The Labute approximate surface area is 125 Å². The molecule has 0 N–H and O–H groups in total. The highest BCUT2D eigenvalue weighted by atomic mass is 79.9. The summed E-state index contributed by atoms with van der Waals surface area (Å²) < 4.78 is 6.64. The van der Waals surface area contributed by atoms with Crippen molar-refractivity contribution in [1.29, 1.82) is 0 Å². The lowest BCUT2D eigenvalue weighted by Crippen LogP contribution is -2.50. The lowest BCUT2D eigenvalue weighted by molar-refractivity contribution is -0.135. The van der Waals surface area contributed by atoms with Gasteiger partial charge in [-0.3, -0.25) is 9.59 Å². The molecule has 20 heavy (non-hydrogen) atoms. The molecule has 1 fully saturated rings. The fourth-order valence-electron chi connectivity index (χ4n) is 2.13. The number of halogens is 1. The van der Waals surface area contributed by atoms with Crippen molar-refractivity contribution in [3.05, 3.63) is 21.0 Å². The summed E-state index contributed by atoms with van der Waals surface area (Å²) in [4.78, 5) is 27.4. The van der Waals surface area contributed by atoms with Gasteiger partial charge in [-0.25, -0.2) is 4.68 Å². The summed E-state index contributed by atoms with van der Waals surface area (Å²) >= 11 is 3.32. The van der Waals surface area contributed by atoms with E-state index < -0.39 is 0 Å². The van der Waals surface area contributed by atoms with Crippen LogP contribution in [0.2, 0.25) is 0 Å². The number of carbonyl (C=O) groups excluding carboxylic acids is 1. The Hall–Kier alpha value is -1.41. The number of aromatic nitrogens is 2. The minimum Gasteiger partial charge on any atom is -0.375 e. The predicted octanol–water partition coefficient (Wildman–Crippen LogP) is -0.162. The van der Waals surface area contributed by atoms with Gasteiger partial charge in [0.05, 0.1) is 11.9 Å². The van der Waals surface area contributed by atoms with Crippen molar-refractivity contribution in [2.75, 3.05) is 44.8 Å². The van der Waals surface area contributed by atoms with E-state index in [1.165, 1.54) is 11.8 Å². The Balaban J connectivity index is 2.06. The van der Waals surface area contributed by atoms with Crippen LogP contribution in [0.15, 0.2) is 15.5 Å². The zero-order chi connectivity index (χ0) is 14.7. The highest BCUT2D eigenvalue weighted by molar-refractivity contribution is 9.10. The Bertz CT molecular complexity index is 552. The highest BCUT2D eigenvalue weighted by Crippen LogP contribution is 2.22. The lowest BCUT2D eigenvalue weighted by Gasteiger charge is -2.36. The van der Waals surface area contributed by atoms with Gasteiger partial charge in [0, 0.05) is 40.3 Å². The number of amides is 1. The van der Waals surface area contributed by atoms with E-state index in [-0.39, 0.29) is 18.1 Å². The molecule has 0 spiro atoms. The lowest BCUT2D eigenvalue weighted by atomic mass is 10.3. The second-order valence-electron chi connectivity index (χ2n) is 4.57. The maximum absolute atomic E-state index is 11.8. The summed E-state index contributed by atoms with van der Waals surface area (Å²) in [5.41, 5.74) is 0.604. The number of aryl methyl sites for hydroxylation is 1. The molecule has 0 atom stereocenters. The third-order valence-electron chi connectivity index (χ3n) is 3.30. The van der Waals surface area contributed by atoms with Crippen molar-refractivity contribution < 1.29 is 9.53 Å². The van der Waals surface area contributed by atoms with Gasteiger partial charge in [0.2, 0.25) is 5.91 Å². The van der Waals surface area contributed by atoms with Crippen LogP contribution in [0.25, 0.3) is 0 Å². The van der Waals surface area contributed by atoms with Gasteiger partial charge >= 0.3 is 0 Å². The Morgan fingerprint density at radius 2 is 2.05 bits per heavy atom. The van der Waals surface area contributed by atoms with Crippen molar-refractivity contribution in [2.24, 2.45) is 7.05 Å². The predicted molar refractivity (Wildman–Crippen MR) is 77.8 cm³/mol. The van der Waals surface area contributed by atoms with E-state index in [0.717, 1.165) is 5.69 Å². The molecular formula is C12H17BrN4O3. The molecule has 2 rings (SSSR count). The van der Waals surface area contributed by atoms with Crippen LogP contribution in [0.5, 0.6) is 0 Å². The van der Waals surface area contributed by atoms with Crippen LogP contribution in [0.3, 0.4) is 0 Å². The summed E-state index contributed by atoms with van der Waals surface area (Å²) in [5, 5.41) is 4.03. The van der Waals surface area contributed by atoms with Crippen LogP contribution in [-0.4, -0.2) is 60.5 Å². The first kappa shape index (κ1) is 15.0. The van der Waals surface area contributed by atoms with Crippen molar-refractivity contribution in [3.8, 4) is 0 Å². The average molecular weight is 345 g/mol. The maximum atomic E-state index is 11.8. The van der Waals surface area contributed by atoms with E-state index in [0.29, 0.717) is 30.7 Å². The largest absolute Gasteiger partial charge is 0.375 e. The number of ether oxygens (including phenoxy) is 1. The number of anilines is 1. The SMILES string of the molecule is COCC(=O)N1CCN(c2cnn(C)c(=O)c2Br)CC1. The maximum Gasteiger partial charge on any atom is 0.282 e. The molecule has 1 aromatic rings. The average Bonchev–Trinajstić information content (AvgIpc) is 2.45. The Morgan fingerprint density at radius 3 is 2.65 bits per heavy atom. The van der Waals surface area contributed by atoms with Gasteiger partial charge in [0.1, 0.15) is 11.1 Å². The number of hydrogen-bond donors (Lipinski definition) is 0. The van der Waals surface area contributed by atoms with Crippen molar-refractivity contribution in [2.45, 2.75) is 0 Å². The van der Waals surface area contributed by atoms with Crippen LogP contribution in [-0.2, 0) is 16.6 Å². The van der Waals surface area contributed by atoms with Gasteiger partial charge in [-0.15, -0.1) is 0 Å². The van der Waals surface area contributed by atoms with Gasteiger partial charge in [-0.2, -0.15) is 5.10 Å². The van der Waals surface area contributed by atoms with Gasteiger partial charge in [-0.1, -0.05) is 0 Å². The first-order valence-corrected chi connectivity index (χ1v) is 7.07. The Morgan fingerprint density at radius 1 is 1.40 bits per heavy atom. The molecule has 0 radical (unpaired) electrons. The molecule has 8 heteroatoms. The molecule has 0 aliphatic carbocycles. The number of rotatable bonds is 3. The zero-order valence-electron chi connectivity index (χ0n) is 11.5. The van der Waals surface area contributed by atoms with Crippen molar-refractivity contribution in [1.82, 2.24) is 14.7 Å². The van der Waals surface area contributed by atoms with E-state index in [1.807, 2.05) is 0 Å². The molecule has 1 aliphatic rings. The zero-order valence-corrected chi connectivity index (χ0v) is 13.1. The minimum atomic E-state index is -0.166. The number of carbonyl (C=O) groups is 1. The molecule has 0 saturated carbocycles. The van der Waals surface area contributed by atoms with E-state index in [1.54, 1.807) is 18.1 Å². The van der Waals surface area contributed by atoms with E-state index in [9.17, 15) is 9.59 Å². The topological polar surface area (TPSA) is 67.7 Å². The highest BCUT2D eigenvalue weighted by Gasteiger charge is 2.23. The third kappa shape index (κ3) is 3.01. The van der Waals surface area contributed by atoms with E-state index in [2.05, 4.69) is 25.9 Å². The second-order valence-corrected chi connectivity index (χ2v) is 5.37. The van der Waals surface area contributed by atoms with Crippen LogP contribution in [0, 0.1) is 0 Å². The van der Waals surface area contributed by atoms with E-state index in [4.69, 9.17) is 4.74 Å². The summed E-state index contributed by atoms with van der Waals surface area (Å²) in [6.07, 6.45) is 1.66. The third-order valence-corrected chi connectivity index (χ3v) is 4.05. The number of methoxy groups -OCH3 is 1. The molecule has 1 saturated heterocycles. The molecule has 1 amide bonds. The molecular weight excluding hydrogens is 328 g/mol. The van der Waals surface area contributed by atoms with Gasteiger partial charge in [-0.05, 0) is 15.9 Å². The molecule has 1 aromatic heterocycles.